The van der Waals surface area contributed by atoms with Crippen LogP contribution in [0.4, 0.5) is 0 Å². The maximum atomic E-state index is 2.46. The zero-order valence-electron chi connectivity index (χ0n) is 13.5. The molecule has 0 nitrogen and oxygen atoms in total. The van der Waals surface area contributed by atoms with Crippen molar-refractivity contribution in [3.05, 3.63) is 35.7 Å². The molecule has 0 rings (SSSR count). The van der Waals surface area contributed by atoms with E-state index in [1.54, 1.807) is 0 Å². The van der Waals surface area contributed by atoms with Gasteiger partial charge in [-0.15, -0.1) is 0 Å². The molecule has 0 aromatic carbocycles. The maximum absolute atomic E-state index is 2.46. The molecule has 18 heavy (non-hydrogen) atoms. The largest absolute Gasteiger partial charge is 0.0989 e. The van der Waals surface area contributed by atoms with Crippen LogP contribution in [0.3, 0.4) is 0 Å². The predicted octanol–water partition coefficient (Wildman–Crippen LogP) is 5.83. The molecule has 104 valence electrons. The first-order valence-corrected chi connectivity index (χ1v) is 14.3. The van der Waals surface area contributed by atoms with Crippen molar-refractivity contribution >= 4 is 16.1 Å². The van der Waals surface area contributed by atoms with Gasteiger partial charge in [0.2, 0.25) is 0 Å². The molecule has 0 aliphatic heterocycles. The van der Waals surface area contributed by atoms with Crippen LogP contribution in [0.15, 0.2) is 35.7 Å². The SMILES string of the molecule is C/C=C/C(C/C=C/[Si](C)(C)C)C/C=C/[Si](C)(C)C. The van der Waals surface area contributed by atoms with Gasteiger partial charge >= 0.3 is 0 Å². The van der Waals surface area contributed by atoms with Gasteiger partial charge in [0, 0.05) is 0 Å². The van der Waals surface area contributed by atoms with E-state index < -0.39 is 16.1 Å². The predicted molar refractivity (Wildman–Crippen MR) is 92.5 cm³/mol. The molecule has 0 saturated carbocycles. The minimum absolute atomic E-state index is 0.676. The van der Waals surface area contributed by atoms with Crippen molar-refractivity contribution in [1.29, 1.82) is 0 Å². The van der Waals surface area contributed by atoms with E-state index in [4.69, 9.17) is 0 Å². The summed E-state index contributed by atoms with van der Waals surface area (Å²) in [4.78, 5) is 0. The van der Waals surface area contributed by atoms with E-state index in [1.807, 2.05) is 0 Å². The van der Waals surface area contributed by atoms with Gasteiger partial charge in [0.1, 0.15) is 0 Å². The molecule has 0 fully saturated rings. The fourth-order valence-corrected chi connectivity index (χ4v) is 3.40. The average Bonchev–Trinajstić information content (AvgIpc) is 2.13. The summed E-state index contributed by atoms with van der Waals surface area (Å²) < 4.78 is 0. The molecule has 0 heterocycles. The topological polar surface area (TPSA) is 0 Å². The van der Waals surface area contributed by atoms with Gasteiger partial charge in [-0.25, -0.2) is 0 Å². The van der Waals surface area contributed by atoms with Crippen molar-refractivity contribution < 1.29 is 0 Å². The highest BCUT2D eigenvalue weighted by Crippen LogP contribution is 2.15. The molecule has 0 saturated heterocycles. The van der Waals surface area contributed by atoms with E-state index in [2.05, 4.69) is 81.9 Å². The monoisotopic (exact) mass is 280 g/mol. The van der Waals surface area contributed by atoms with Crippen molar-refractivity contribution in [2.24, 2.45) is 5.92 Å². The molecule has 0 radical (unpaired) electrons. The van der Waals surface area contributed by atoms with Crippen LogP contribution >= 0.6 is 0 Å². The Bertz CT molecular complexity index is 272. The fourth-order valence-electron chi connectivity index (χ4n) is 1.72. The van der Waals surface area contributed by atoms with Gasteiger partial charge < -0.3 is 0 Å². The molecular weight excluding hydrogens is 248 g/mol. The first kappa shape index (κ1) is 17.7. The van der Waals surface area contributed by atoms with Gasteiger partial charge in [-0.05, 0) is 25.7 Å². The molecule has 0 N–H and O–H groups in total. The number of hydrogen-bond donors (Lipinski definition) is 0. The summed E-state index contributed by atoms with van der Waals surface area (Å²) in [5.41, 5.74) is 4.93. The van der Waals surface area contributed by atoms with Crippen LogP contribution < -0.4 is 0 Å². The molecule has 0 spiro atoms. The highest BCUT2D eigenvalue weighted by molar-refractivity contribution is 6.81. The Kier molecular flexibility index (Phi) is 7.80. The summed E-state index contributed by atoms with van der Waals surface area (Å²) in [5.74, 6) is 0.676. The standard InChI is InChI=1S/C16H32Si2/c1-8-11-16(12-9-14-17(2,3)4)13-10-15-18(5,6)7/h8-11,14-16H,12-13H2,1-7H3/b11-8+,14-9+,15-10+. The lowest BCUT2D eigenvalue weighted by Gasteiger charge is -2.12. The van der Waals surface area contributed by atoms with Gasteiger partial charge in [0.25, 0.3) is 0 Å². The summed E-state index contributed by atoms with van der Waals surface area (Å²) in [6.07, 6.45) is 11.7. The normalized spacial score (nSPS) is 14.7. The van der Waals surface area contributed by atoms with Crippen LogP contribution in [0.1, 0.15) is 19.8 Å². The number of allylic oxidation sites excluding steroid dienone is 4. The minimum Gasteiger partial charge on any atom is -0.0989 e. The van der Waals surface area contributed by atoms with Crippen LogP contribution in [-0.4, -0.2) is 16.1 Å². The van der Waals surface area contributed by atoms with Crippen LogP contribution in [0.5, 0.6) is 0 Å². The number of hydrogen-bond acceptors (Lipinski definition) is 0. The van der Waals surface area contributed by atoms with E-state index in [-0.39, 0.29) is 0 Å². The van der Waals surface area contributed by atoms with Gasteiger partial charge in [0.15, 0.2) is 0 Å². The highest BCUT2D eigenvalue weighted by atomic mass is 28.3. The Morgan fingerprint density at radius 1 is 0.778 bits per heavy atom. The molecule has 2 heteroatoms. The third-order valence-electron chi connectivity index (χ3n) is 2.58. The average molecular weight is 281 g/mol. The van der Waals surface area contributed by atoms with Crippen molar-refractivity contribution in [3.8, 4) is 0 Å². The van der Waals surface area contributed by atoms with E-state index in [9.17, 15) is 0 Å². The number of rotatable bonds is 7. The Morgan fingerprint density at radius 2 is 1.17 bits per heavy atom. The van der Waals surface area contributed by atoms with Crippen molar-refractivity contribution in [2.75, 3.05) is 0 Å². The van der Waals surface area contributed by atoms with Crippen LogP contribution in [0.2, 0.25) is 39.3 Å². The molecule has 0 atom stereocenters. The minimum atomic E-state index is -1.02. The lowest BCUT2D eigenvalue weighted by Crippen LogP contribution is -2.16. The van der Waals surface area contributed by atoms with Crippen molar-refractivity contribution in [1.82, 2.24) is 0 Å². The molecule has 0 aliphatic carbocycles. The third-order valence-corrected chi connectivity index (χ3v) is 5.05. The molecule has 0 bridgehead atoms. The highest BCUT2D eigenvalue weighted by Gasteiger charge is 2.09. The molecule has 0 aromatic rings. The summed E-state index contributed by atoms with van der Waals surface area (Å²) in [5, 5.41) is 0. The van der Waals surface area contributed by atoms with Crippen molar-refractivity contribution in [2.45, 2.75) is 59.0 Å². The third kappa shape index (κ3) is 12.1. The van der Waals surface area contributed by atoms with Gasteiger partial charge in [-0.2, -0.15) is 0 Å². The molecule has 0 unspecified atom stereocenters. The van der Waals surface area contributed by atoms with Gasteiger partial charge in [-0.1, -0.05) is 75.0 Å². The quantitative estimate of drug-likeness (QED) is 0.407. The second-order valence-electron chi connectivity index (χ2n) is 7.29. The summed E-state index contributed by atoms with van der Waals surface area (Å²) >= 11 is 0. The van der Waals surface area contributed by atoms with E-state index in [1.165, 1.54) is 12.8 Å². The summed E-state index contributed by atoms with van der Waals surface area (Å²) in [6, 6.07) is 0. The smallest absolute Gasteiger partial charge is 0.0682 e. The maximum Gasteiger partial charge on any atom is 0.0682 e. The molecule has 0 amide bonds. The molecule has 0 aliphatic rings. The van der Waals surface area contributed by atoms with Crippen LogP contribution in [0.25, 0.3) is 0 Å². The summed E-state index contributed by atoms with van der Waals surface area (Å²) in [6.45, 7) is 16.5. The zero-order chi connectivity index (χ0) is 14.2. The molecule has 0 aromatic heterocycles. The van der Waals surface area contributed by atoms with Crippen molar-refractivity contribution in [3.63, 3.8) is 0 Å². The van der Waals surface area contributed by atoms with Gasteiger partial charge in [0.05, 0.1) is 16.1 Å². The second-order valence-corrected chi connectivity index (χ2v) is 17.4. The second kappa shape index (κ2) is 7.95. The van der Waals surface area contributed by atoms with Crippen LogP contribution in [-0.2, 0) is 0 Å². The van der Waals surface area contributed by atoms with Gasteiger partial charge in [-0.3, -0.25) is 0 Å². The Balaban J connectivity index is 4.33. The summed E-state index contributed by atoms with van der Waals surface area (Å²) in [7, 11) is -2.05. The Hall–Kier alpha value is -0.346. The molecular formula is C16H32Si2. The Labute approximate surface area is 117 Å². The lowest BCUT2D eigenvalue weighted by atomic mass is 10.0. The zero-order valence-corrected chi connectivity index (χ0v) is 15.5. The van der Waals surface area contributed by atoms with Crippen LogP contribution in [0, 0.1) is 5.92 Å². The lowest BCUT2D eigenvalue weighted by molar-refractivity contribution is 0.675. The van der Waals surface area contributed by atoms with E-state index in [0.29, 0.717) is 5.92 Å². The van der Waals surface area contributed by atoms with E-state index >= 15 is 0 Å². The first-order chi connectivity index (χ1) is 8.14. The first-order valence-electron chi connectivity index (χ1n) is 7.12. The van der Waals surface area contributed by atoms with E-state index in [0.717, 1.165) is 0 Å². The Morgan fingerprint density at radius 3 is 1.44 bits per heavy atom. The fraction of sp³-hybridized carbons (Fsp3) is 0.625.